The summed E-state index contributed by atoms with van der Waals surface area (Å²) >= 11 is 6.10. The van der Waals surface area contributed by atoms with Crippen LogP contribution in [0, 0.1) is 0 Å². The number of hydrogen-bond donors (Lipinski definition) is 1. The van der Waals surface area contributed by atoms with E-state index in [2.05, 4.69) is 18.3 Å². The number of rotatable bonds is 7. The van der Waals surface area contributed by atoms with E-state index in [9.17, 15) is 0 Å². The van der Waals surface area contributed by atoms with Gasteiger partial charge in [-0.3, -0.25) is 0 Å². The van der Waals surface area contributed by atoms with E-state index in [-0.39, 0.29) is 12.4 Å². The lowest BCUT2D eigenvalue weighted by molar-refractivity contribution is 0.340. The molecule has 1 rings (SSSR count). The molecule has 0 atom stereocenters. The van der Waals surface area contributed by atoms with Crippen LogP contribution in [0.3, 0.4) is 0 Å². The monoisotopic (exact) mass is 277 g/mol. The van der Waals surface area contributed by atoms with Gasteiger partial charge in [-0.05, 0) is 37.6 Å². The fourth-order valence-electron chi connectivity index (χ4n) is 1.46. The van der Waals surface area contributed by atoms with E-state index in [0.717, 1.165) is 18.8 Å². The molecule has 0 saturated carbocycles. The van der Waals surface area contributed by atoms with Crippen molar-refractivity contribution >= 4 is 24.0 Å². The third-order valence-electron chi connectivity index (χ3n) is 2.33. The van der Waals surface area contributed by atoms with Gasteiger partial charge < -0.3 is 10.1 Å². The maximum Gasteiger partial charge on any atom is 0.137 e. The van der Waals surface area contributed by atoms with Gasteiger partial charge in [0.2, 0.25) is 0 Å². The highest BCUT2D eigenvalue weighted by atomic mass is 35.5. The minimum absolute atomic E-state index is 0. The van der Waals surface area contributed by atoms with Crippen molar-refractivity contribution in [3.05, 3.63) is 28.8 Å². The Labute approximate surface area is 115 Å². The molecule has 0 aliphatic carbocycles. The number of ether oxygens (including phenoxy) is 1. The summed E-state index contributed by atoms with van der Waals surface area (Å²) in [4.78, 5) is 0. The first-order valence-corrected chi connectivity index (χ1v) is 6.27. The Morgan fingerprint density at radius 1 is 1.29 bits per heavy atom. The zero-order valence-corrected chi connectivity index (χ0v) is 12.0. The molecular formula is C13H21Cl2NO. The van der Waals surface area contributed by atoms with E-state index in [1.165, 1.54) is 18.4 Å². The van der Waals surface area contributed by atoms with Gasteiger partial charge in [-0.15, -0.1) is 12.4 Å². The zero-order valence-electron chi connectivity index (χ0n) is 10.5. The van der Waals surface area contributed by atoms with Gasteiger partial charge in [-0.2, -0.15) is 0 Å². The van der Waals surface area contributed by atoms with Crippen molar-refractivity contribution in [2.24, 2.45) is 0 Å². The van der Waals surface area contributed by atoms with Crippen LogP contribution in [-0.2, 0) is 6.54 Å². The minimum Gasteiger partial charge on any atom is -0.492 e. The van der Waals surface area contributed by atoms with E-state index in [1.807, 2.05) is 19.1 Å². The third-order valence-corrected chi connectivity index (χ3v) is 2.63. The summed E-state index contributed by atoms with van der Waals surface area (Å²) in [6.45, 7) is 6.72. The number of hydrogen-bond acceptors (Lipinski definition) is 2. The molecule has 0 aromatic heterocycles. The van der Waals surface area contributed by atoms with Crippen LogP contribution < -0.4 is 10.1 Å². The summed E-state index contributed by atoms with van der Waals surface area (Å²) in [6, 6.07) is 5.95. The SMILES string of the molecule is CCCCNCc1ccc(OCC)c(Cl)c1.Cl. The van der Waals surface area contributed by atoms with Crippen molar-refractivity contribution in [3.63, 3.8) is 0 Å². The first-order valence-electron chi connectivity index (χ1n) is 5.89. The van der Waals surface area contributed by atoms with Crippen LogP contribution >= 0.6 is 24.0 Å². The molecule has 0 heterocycles. The molecule has 0 saturated heterocycles. The van der Waals surface area contributed by atoms with E-state index in [4.69, 9.17) is 16.3 Å². The second kappa shape index (κ2) is 9.58. The van der Waals surface area contributed by atoms with Crippen LogP contribution in [0.15, 0.2) is 18.2 Å². The molecule has 0 amide bonds. The number of nitrogens with one attached hydrogen (secondary N) is 1. The topological polar surface area (TPSA) is 21.3 Å². The summed E-state index contributed by atoms with van der Waals surface area (Å²) in [5.74, 6) is 0.765. The molecule has 1 N–H and O–H groups in total. The Hall–Kier alpha value is -0.440. The molecule has 0 bridgehead atoms. The molecule has 1 aromatic carbocycles. The van der Waals surface area contributed by atoms with Crippen LogP contribution in [-0.4, -0.2) is 13.2 Å². The summed E-state index contributed by atoms with van der Waals surface area (Å²) in [7, 11) is 0. The summed E-state index contributed by atoms with van der Waals surface area (Å²) < 4.78 is 5.38. The highest BCUT2D eigenvalue weighted by Gasteiger charge is 2.01. The lowest BCUT2D eigenvalue weighted by Gasteiger charge is -2.08. The highest BCUT2D eigenvalue weighted by Crippen LogP contribution is 2.25. The van der Waals surface area contributed by atoms with Gasteiger partial charge in [0, 0.05) is 6.54 Å². The van der Waals surface area contributed by atoms with Gasteiger partial charge >= 0.3 is 0 Å². The smallest absolute Gasteiger partial charge is 0.137 e. The standard InChI is InChI=1S/C13H20ClNO.ClH/c1-3-5-8-15-10-11-6-7-13(16-4-2)12(14)9-11;/h6-7,9,15H,3-5,8,10H2,1-2H3;1H. The van der Waals surface area contributed by atoms with Gasteiger partial charge in [-0.1, -0.05) is 31.0 Å². The Morgan fingerprint density at radius 3 is 2.65 bits per heavy atom. The third kappa shape index (κ3) is 6.16. The van der Waals surface area contributed by atoms with Gasteiger partial charge in [-0.25, -0.2) is 0 Å². The van der Waals surface area contributed by atoms with E-state index < -0.39 is 0 Å². The van der Waals surface area contributed by atoms with Crippen molar-refractivity contribution < 1.29 is 4.74 Å². The predicted octanol–water partition coefficient (Wildman–Crippen LogP) is 4.05. The van der Waals surface area contributed by atoms with Crippen LogP contribution in [0.25, 0.3) is 0 Å². The lowest BCUT2D eigenvalue weighted by atomic mass is 10.2. The average molecular weight is 278 g/mol. The predicted molar refractivity (Wildman–Crippen MR) is 76.5 cm³/mol. The molecule has 98 valence electrons. The Kier molecular flexibility index (Phi) is 9.33. The Morgan fingerprint density at radius 2 is 2.06 bits per heavy atom. The largest absolute Gasteiger partial charge is 0.492 e. The molecule has 2 nitrogen and oxygen atoms in total. The molecule has 1 aromatic rings. The van der Waals surface area contributed by atoms with E-state index in [1.54, 1.807) is 0 Å². The molecule has 0 fully saturated rings. The molecule has 0 unspecified atom stereocenters. The molecule has 0 aliphatic heterocycles. The molecule has 0 aliphatic rings. The molecule has 17 heavy (non-hydrogen) atoms. The van der Waals surface area contributed by atoms with Crippen molar-refractivity contribution in [3.8, 4) is 5.75 Å². The number of unbranched alkanes of at least 4 members (excludes halogenated alkanes) is 1. The highest BCUT2D eigenvalue weighted by molar-refractivity contribution is 6.32. The summed E-state index contributed by atoms with van der Waals surface area (Å²) in [6.07, 6.45) is 2.43. The maximum atomic E-state index is 6.10. The first kappa shape index (κ1) is 16.6. The van der Waals surface area contributed by atoms with E-state index in [0.29, 0.717) is 11.6 Å². The molecule has 0 radical (unpaired) electrons. The summed E-state index contributed by atoms with van der Waals surface area (Å²) in [5, 5.41) is 4.07. The van der Waals surface area contributed by atoms with Crippen molar-refractivity contribution in [1.29, 1.82) is 0 Å². The van der Waals surface area contributed by atoms with Gasteiger partial charge in [0.15, 0.2) is 0 Å². The van der Waals surface area contributed by atoms with Crippen LogP contribution in [0.1, 0.15) is 32.3 Å². The van der Waals surface area contributed by atoms with Crippen LogP contribution in [0.4, 0.5) is 0 Å². The minimum atomic E-state index is 0. The second-order valence-corrected chi connectivity index (χ2v) is 4.14. The van der Waals surface area contributed by atoms with Crippen LogP contribution in [0.2, 0.25) is 5.02 Å². The van der Waals surface area contributed by atoms with Gasteiger partial charge in [0.25, 0.3) is 0 Å². The molecular weight excluding hydrogens is 257 g/mol. The Bertz CT molecular complexity index is 318. The fraction of sp³-hybridized carbons (Fsp3) is 0.538. The first-order chi connectivity index (χ1) is 7.77. The average Bonchev–Trinajstić information content (AvgIpc) is 2.28. The van der Waals surface area contributed by atoms with Crippen molar-refractivity contribution in [1.82, 2.24) is 5.32 Å². The van der Waals surface area contributed by atoms with Crippen molar-refractivity contribution in [2.45, 2.75) is 33.2 Å². The van der Waals surface area contributed by atoms with Gasteiger partial charge in [0.1, 0.15) is 5.75 Å². The number of benzene rings is 1. The quantitative estimate of drug-likeness (QED) is 0.760. The van der Waals surface area contributed by atoms with Gasteiger partial charge in [0.05, 0.1) is 11.6 Å². The summed E-state index contributed by atoms with van der Waals surface area (Å²) in [5.41, 5.74) is 1.20. The molecule has 4 heteroatoms. The lowest BCUT2D eigenvalue weighted by Crippen LogP contribution is -2.14. The Balaban J connectivity index is 0.00000256. The fourth-order valence-corrected chi connectivity index (χ4v) is 1.72. The van der Waals surface area contributed by atoms with Crippen molar-refractivity contribution in [2.75, 3.05) is 13.2 Å². The molecule has 0 spiro atoms. The zero-order chi connectivity index (χ0) is 11.8. The van der Waals surface area contributed by atoms with Crippen LogP contribution in [0.5, 0.6) is 5.75 Å². The second-order valence-electron chi connectivity index (χ2n) is 3.73. The number of halogens is 2. The normalized spacial score (nSPS) is 9.82. The maximum absolute atomic E-state index is 6.10. The van der Waals surface area contributed by atoms with E-state index >= 15 is 0 Å².